The van der Waals surface area contributed by atoms with E-state index in [9.17, 15) is 0 Å². The molecular weight excluding hydrogens is 136 g/mol. The first-order valence-electron chi connectivity index (χ1n) is 3.96. The first-order valence-corrected chi connectivity index (χ1v) is 3.96. The lowest BCUT2D eigenvalue weighted by molar-refractivity contribution is 0.415. The summed E-state index contributed by atoms with van der Waals surface area (Å²) in [6, 6.07) is 6.51. The molecule has 0 bridgehead atoms. The molecule has 1 atom stereocenters. The number of aryl methyl sites for hydroxylation is 2. The molecule has 1 aliphatic rings. The molecule has 1 nitrogen and oxygen atoms in total. The smallest absolute Gasteiger partial charge is 0.106 e. The second-order valence-electron chi connectivity index (χ2n) is 3.18. The van der Waals surface area contributed by atoms with Crippen LogP contribution < -0.4 is 0 Å². The van der Waals surface area contributed by atoms with Crippen LogP contribution in [0.25, 0.3) is 0 Å². The van der Waals surface area contributed by atoms with Gasteiger partial charge in [0.25, 0.3) is 0 Å². The lowest BCUT2D eigenvalue weighted by atomic mass is 10.0. The van der Waals surface area contributed by atoms with Crippen LogP contribution in [0.4, 0.5) is 0 Å². The van der Waals surface area contributed by atoms with Gasteiger partial charge >= 0.3 is 0 Å². The molecule has 1 fully saturated rings. The zero-order valence-corrected chi connectivity index (χ0v) is 6.92. The van der Waals surface area contributed by atoms with E-state index in [4.69, 9.17) is 4.74 Å². The summed E-state index contributed by atoms with van der Waals surface area (Å²) in [6.45, 7) is 5.16. The van der Waals surface area contributed by atoms with Crippen LogP contribution in [0.2, 0.25) is 0 Å². The Kier molecular flexibility index (Phi) is 1.46. The normalized spacial score (nSPS) is 21.8. The SMILES string of the molecule is Cc1ccc(C)c([C@@H]2CO2)c1. The van der Waals surface area contributed by atoms with Gasteiger partial charge in [-0.25, -0.2) is 0 Å². The summed E-state index contributed by atoms with van der Waals surface area (Å²) < 4.78 is 5.23. The average Bonchev–Trinajstić information content (AvgIpc) is 2.76. The minimum atomic E-state index is 0.398. The summed E-state index contributed by atoms with van der Waals surface area (Å²) in [5.74, 6) is 0. The lowest BCUT2D eigenvalue weighted by Crippen LogP contribution is -1.87. The summed E-state index contributed by atoms with van der Waals surface area (Å²) in [5.41, 5.74) is 4.03. The van der Waals surface area contributed by atoms with Crippen molar-refractivity contribution >= 4 is 0 Å². The Morgan fingerprint density at radius 2 is 2.09 bits per heavy atom. The maximum atomic E-state index is 5.23. The van der Waals surface area contributed by atoms with Crippen LogP contribution in [0.1, 0.15) is 22.8 Å². The van der Waals surface area contributed by atoms with Gasteiger partial charge in [-0.1, -0.05) is 23.8 Å². The highest BCUT2D eigenvalue weighted by atomic mass is 16.6. The molecule has 1 aromatic rings. The Hall–Kier alpha value is -0.820. The van der Waals surface area contributed by atoms with Crippen LogP contribution in [-0.2, 0) is 4.74 Å². The number of hydrogen-bond donors (Lipinski definition) is 0. The van der Waals surface area contributed by atoms with Crippen molar-refractivity contribution in [1.29, 1.82) is 0 Å². The van der Waals surface area contributed by atoms with Gasteiger partial charge in [-0.05, 0) is 25.0 Å². The van der Waals surface area contributed by atoms with E-state index >= 15 is 0 Å². The lowest BCUT2D eigenvalue weighted by Gasteiger charge is -2.02. The molecule has 0 amide bonds. The Bertz CT molecular complexity index is 274. The number of rotatable bonds is 1. The molecule has 1 heterocycles. The average molecular weight is 148 g/mol. The predicted octanol–water partition coefficient (Wildman–Crippen LogP) is 2.37. The molecule has 58 valence electrons. The largest absolute Gasteiger partial charge is 0.368 e. The van der Waals surface area contributed by atoms with Gasteiger partial charge in [0.2, 0.25) is 0 Å². The third-order valence-corrected chi connectivity index (χ3v) is 2.11. The van der Waals surface area contributed by atoms with Crippen LogP contribution in [0.15, 0.2) is 18.2 Å². The molecule has 1 aromatic carbocycles. The zero-order chi connectivity index (χ0) is 7.84. The van der Waals surface area contributed by atoms with E-state index in [1.807, 2.05) is 0 Å². The molecule has 0 saturated carbocycles. The van der Waals surface area contributed by atoms with E-state index in [0.717, 1.165) is 6.61 Å². The monoisotopic (exact) mass is 148 g/mol. The predicted molar refractivity (Wildman–Crippen MR) is 44.6 cm³/mol. The highest BCUT2D eigenvalue weighted by Crippen LogP contribution is 2.32. The molecule has 1 heteroatoms. The van der Waals surface area contributed by atoms with Crippen LogP contribution in [-0.4, -0.2) is 6.61 Å². The summed E-state index contributed by atoms with van der Waals surface area (Å²) in [6.07, 6.45) is 0.398. The summed E-state index contributed by atoms with van der Waals surface area (Å²) in [5, 5.41) is 0. The van der Waals surface area contributed by atoms with Crippen molar-refractivity contribution in [2.75, 3.05) is 6.61 Å². The van der Waals surface area contributed by atoms with Crippen molar-refractivity contribution in [3.05, 3.63) is 34.9 Å². The first-order chi connectivity index (χ1) is 5.27. The molecule has 2 rings (SSSR count). The molecule has 1 aliphatic heterocycles. The highest BCUT2D eigenvalue weighted by molar-refractivity contribution is 5.33. The molecule has 11 heavy (non-hydrogen) atoms. The van der Waals surface area contributed by atoms with E-state index in [1.54, 1.807) is 0 Å². The fraction of sp³-hybridized carbons (Fsp3) is 0.400. The van der Waals surface area contributed by atoms with Crippen LogP contribution >= 0.6 is 0 Å². The fourth-order valence-corrected chi connectivity index (χ4v) is 1.33. The third kappa shape index (κ3) is 1.29. The molecule has 0 N–H and O–H groups in total. The van der Waals surface area contributed by atoms with Gasteiger partial charge in [0.05, 0.1) is 6.61 Å². The van der Waals surface area contributed by atoms with Crippen molar-refractivity contribution in [3.8, 4) is 0 Å². The van der Waals surface area contributed by atoms with Gasteiger partial charge < -0.3 is 4.74 Å². The fourth-order valence-electron chi connectivity index (χ4n) is 1.33. The molecule has 0 radical (unpaired) electrons. The minimum absolute atomic E-state index is 0.398. The number of hydrogen-bond acceptors (Lipinski definition) is 1. The maximum Gasteiger partial charge on any atom is 0.106 e. The summed E-state index contributed by atoms with van der Waals surface area (Å²) in [7, 11) is 0. The molecule has 0 spiro atoms. The first kappa shape index (κ1) is 6.86. The van der Waals surface area contributed by atoms with E-state index in [1.165, 1.54) is 16.7 Å². The Morgan fingerprint density at radius 3 is 2.73 bits per heavy atom. The van der Waals surface area contributed by atoms with Crippen molar-refractivity contribution < 1.29 is 4.74 Å². The van der Waals surface area contributed by atoms with Gasteiger partial charge in [-0.15, -0.1) is 0 Å². The standard InChI is InChI=1S/C10H12O/c1-7-3-4-8(2)9(5-7)10-6-11-10/h3-5,10H,6H2,1-2H3/t10-/m0/s1. The zero-order valence-electron chi connectivity index (χ0n) is 6.92. The Labute approximate surface area is 67.0 Å². The number of ether oxygens (including phenoxy) is 1. The molecule has 0 aromatic heterocycles. The number of epoxide rings is 1. The second-order valence-corrected chi connectivity index (χ2v) is 3.18. The quantitative estimate of drug-likeness (QED) is 0.557. The Morgan fingerprint density at radius 1 is 1.36 bits per heavy atom. The molecular formula is C10H12O. The topological polar surface area (TPSA) is 12.5 Å². The van der Waals surface area contributed by atoms with Crippen LogP contribution in [0.5, 0.6) is 0 Å². The van der Waals surface area contributed by atoms with Crippen molar-refractivity contribution in [1.82, 2.24) is 0 Å². The van der Waals surface area contributed by atoms with Crippen molar-refractivity contribution in [2.24, 2.45) is 0 Å². The maximum absolute atomic E-state index is 5.23. The van der Waals surface area contributed by atoms with Crippen molar-refractivity contribution in [2.45, 2.75) is 20.0 Å². The van der Waals surface area contributed by atoms with E-state index < -0.39 is 0 Å². The molecule has 1 saturated heterocycles. The highest BCUT2D eigenvalue weighted by Gasteiger charge is 2.25. The van der Waals surface area contributed by atoms with Gasteiger partial charge in [-0.2, -0.15) is 0 Å². The van der Waals surface area contributed by atoms with Gasteiger partial charge in [0.15, 0.2) is 0 Å². The minimum Gasteiger partial charge on any atom is -0.368 e. The summed E-state index contributed by atoms with van der Waals surface area (Å²) >= 11 is 0. The summed E-state index contributed by atoms with van der Waals surface area (Å²) in [4.78, 5) is 0. The molecule has 0 unspecified atom stereocenters. The van der Waals surface area contributed by atoms with Crippen LogP contribution in [0, 0.1) is 13.8 Å². The molecule has 0 aliphatic carbocycles. The van der Waals surface area contributed by atoms with Gasteiger partial charge in [0, 0.05) is 0 Å². The second kappa shape index (κ2) is 2.35. The Balaban J connectivity index is 2.42. The van der Waals surface area contributed by atoms with Gasteiger partial charge in [-0.3, -0.25) is 0 Å². The van der Waals surface area contributed by atoms with Gasteiger partial charge in [0.1, 0.15) is 6.10 Å². The third-order valence-electron chi connectivity index (χ3n) is 2.11. The van der Waals surface area contributed by atoms with Crippen LogP contribution in [0.3, 0.4) is 0 Å². The van der Waals surface area contributed by atoms with E-state index in [0.29, 0.717) is 6.10 Å². The van der Waals surface area contributed by atoms with E-state index in [2.05, 4.69) is 32.0 Å². The van der Waals surface area contributed by atoms with E-state index in [-0.39, 0.29) is 0 Å². The van der Waals surface area contributed by atoms with Crippen molar-refractivity contribution in [3.63, 3.8) is 0 Å². The number of benzene rings is 1.